The summed E-state index contributed by atoms with van der Waals surface area (Å²) in [6.07, 6.45) is 0.692. The molecule has 0 unspecified atom stereocenters. The van der Waals surface area contributed by atoms with Gasteiger partial charge in [0.25, 0.3) is 5.91 Å². The van der Waals surface area contributed by atoms with Gasteiger partial charge in [0.05, 0.1) is 13.7 Å². The average molecular weight is 398 g/mol. The fourth-order valence-corrected chi connectivity index (χ4v) is 3.38. The van der Waals surface area contributed by atoms with Crippen molar-refractivity contribution in [2.45, 2.75) is 13.3 Å². The first kappa shape index (κ1) is 19.7. The predicted octanol–water partition coefficient (Wildman–Crippen LogP) is 4.27. The molecule has 3 aromatic rings. The van der Waals surface area contributed by atoms with Crippen molar-refractivity contribution in [3.05, 3.63) is 65.2 Å². The van der Waals surface area contributed by atoms with E-state index < -0.39 is 0 Å². The van der Waals surface area contributed by atoms with Crippen molar-refractivity contribution in [1.82, 2.24) is 10.3 Å². The van der Waals surface area contributed by atoms with Crippen LogP contribution in [-0.2, 0) is 6.42 Å². The van der Waals surface area contributed by atoms with Crippen LogP contribution < -0.4 is 20.1 Å². The molecule has 0 aliphatic carbocycles. The summed E-state index contributed by atoms with van der Waals surface area (Å²) in [7, 11) is 1.64. The zero-order valence-electron chi connectivity index (χ0n) is 15.9. The van der Waals surface area contributed by atoms with Crippen LogP contribution in [0.5, 0.6) is 11.5 Å². The van der Waals surface area contributed by atoms with Crippen molar-refractivity contribution in [1.29, 1.82) is 0 Å². The Morgan fingerprint density at radius 2 is 1.93 bits per heavy atom. The highest BCUT2D eigenvalue weighted by Gasteiger charge is 2.11. The first-order valence-electron chi connectivity index (χ1n) is 9.05. The van der Waals surface area contributed by atoms with Gasteiger partial charge in [-0.25, -0.2) is 4.98 Å². The molecule has 0 bridgehead atoms. The topological polar surface area (TPSA) is 72.5 Å². The van der Waals surface area contributed by atoms with Crippen molar-refractivity contribution >= 4 is 28.1 Å². The van der Waals surface area contributed by atoms with Crippen molar-refractivity contribution < 1.29 is 14.3 Å². The van der Waals surface area contributed by atoms with E-state index in [4.69, 9.17) is 9.47 Å². The highest BCUT2D eigenvalue weighted by molar-refractivity contribution is 7.14. The second-order valence-electron chi connectivity index (χ2n) is 5.94. The number of amides is 1. The highest BCUT2D eigenvalue weighted by atomic mass is 32.1. The first-order valence-corrected chi connectivity index (χ1v) is 9.93. The number of hydrogen-bond acceptors (Lipinski definition) is 6. The van der Waals surface area contributed by atoms with Gasteiger partial charge in [-0.05, 0) is 49.2 Å². The van der Waals surface area contributed by atoms with Crippen LogP contribution in [0.3, 0.4) is 0 Å². The molecule has 7 heteroatoms. The average Bonchev–Trinajstić information content (AvgIpc) is 3.18. The molecule has 2 N–H and O–H groups in total. The lowest BCUT2D eigenvalue weighted by molar-refractivity contribution is 0.0950. The molecule has 0 radical (unpaired) electrons. The number of rotatable bonds is 9. The van der Waals surface area contributed by atoms with Gasteiger partial charge in [0.1, 0.15) is 17.2 Å². The summed E-state index contributed by atoms with van der Waals surface area (Å²) in [6, 6.07) is 15.4. The maximum Gasteiger partial charge on any atom is 0.270 e. The molecule has 0 fully saturated rings. The number of nitrogens with one attached hydrogen (secondary N) is 2. The van der Waals surface area contributed by atoms with E-state index in [9.17, 15) is 4.79 Å². The number of benzene rings is 2. The summed E-state index contributed by atoms with van der Waals surface area (Å²) in [4.78, 5) is 16.7. The van der Waals surface area contributed by atoms with E-state index in [1.54, 1.807) is 12.5 Å². The van der Waals surface area contributed by atoms with Crippen molar-refractivity contribution in [2.24, 2.45) is 0 Å². The normalized spacial score (nSPS) is 10.4. The summed E-state index contributed by atoms with van der Waals surface area (Å²) in [5, 5.41) is 8.51. The number of anilines is 2. The van der Waals surface area contributed by atoms with Crippen molar-refractivity contribution in [2.75, 3.05) is 25.6 Å². The van der Waals surface area contributed by atoms with E-state index in [1.165, 1.54) is 11.3 Å². The molecule has 0 atom stereocenters. The van der Waals surface area contributed by atoms with Crippen LogP contribution in [0, 0.1) is 0 Å². The summed E-state index contributed by atoms with van der Waals surface area (Å²) < 4.78 is 10.8. The molecule has 2 aromatic carbocycles. The third-order valence-electron chi connectivity index (χ3n) is 4.03. The highest BCUT2D eigenvalue weighted by Crippen LogP contribution is 2.23. The number of methoxy groups -OCH3 is 1. The molecule has 0 spiro atoms. The molecule has 0 saturated heterocycles. The zero-order valence-corrected chi connectivity index (χ0v) is 16.7. The molecular formula is C21H23N3O3S. The number of carbonyl (C=O) groups is 1. The van der Waals surface area contributed by atoms with Gasteiger partial charge in [0.2, 0.25) is 0 Å². The quantitative estimate of drug-likeness (QED) is 0.564. The minimum Gasteiger partial charge on any atom is -0.496 e. The van der Waals surface area contributed by atoms with Gasteiger partial charge in [0, 0.05) is 17.6 Å². The Kier molecular flexibility index (Phi) is 6.86. The number of ether oxygens (including phenoxy) is 2. The van der Waals surface area contributed by atoms with Crippen LogP contribution in [0.25, 0.3) is 0 Å². The molecule has 3 rings (SSSR count). The van der Waals surface area contributed by atoms with E-state index in [-0.39, 0.29) is 5.91 Å². The summed E-state index contributed by atoms with van der Waals surface area (Å²) in [5.74, 6) is 1.46. The third-order valence-corrected chi connectivity index (χ3v) is 4.78. The summed E-state index contributed by atoms with van der Waals surface area (Å²) in [5.41, 5.74) is 2.35. The molecule has 28 heavy (non-hydrogen) atoms. The largest absolute Gasteiger partial charge is 0.496 e. The molecule has 6 nitrogen and oxygen atoms in total. The van der Waals surface area contributed by atoms with Gasteiger partial charge in [-0.2, -0.15) is 0 Å². The van der Waals surface area contributed by atoms with Gasteiger partial charge in [-0.3, -0.25) is 4.79 Å². The fraction of sp³-hybridized carbons (Fsp3) is 0.238. The summed E-state index contributed by atoms with van der Waals surface area (Å²) >= 11 is 1.39. The van der Waals surface area contributed by atoms with Crippen molar-refractivity contribution in [3.63, 3.8) is 0 Å². The van der Waals surface area contributed by atoms with Gasteiger partial charge in [-0.1, -0.05) is 18.2 Å². The van der Waals surface area contributed by atoms with Gasteiger partial charge < -0.3 is 20.1 Å². The Labute approximate surface area is 168 Å². The molecule has 1 aromatic heterocycles. The second kappa shape index (κ2) is 9.75. The van der Waals surface area contributed by atoms with E-state index in [0.29, 0.717) is 30.4 Å². The molecule has 0 aliphatic rings. The number of hydrogen-bond donors (Lipinski definition) is 2. The number of aromatic nitrogens is 1. The zero-order chi connectivity index (χ0) is 19.8. The molecule has 1 heterocycles. The maximum absolute atomic E-state index is 12.3. The third kappa shape index (κ3) is 5.23. The lowest BCUT2D eigenvalue weighted by atomic mass is 10.1. The van der Waals surface area contributed by atoms with Crippen LogP contribution in [0.1, 0.15) is 23.0 Å². The van der Waals surface area contributed by atoms with Crippen LogP contribution >= 0.6 is 11.3 Å². The van der Waals surface area contributed by atoms with E-state index in [1.807, 2.05) is 55.5 Å². The minimum absolute atomic E-state index is 0.189. The van der Waals surface area contributed by atoms with Crippen LogP contribution in [0.15, 0.2) is 53.9 Å². The predicted molar refractivity (Wildman–Crippen MR) is 112 cm³/mol. The SMILES string of the molecule is CCOc1ccc(Nc2nc(C(=O)NCCc3ccccc3OC)cs2)cc1. The van der Waals surface area contributed by atoms with Crippen LogP contribution in [0.2, 0.25) is 0 Å². The van der Waals surface area contributed by atoms with E-state index in [0.717, 1.165) is 22.7 Å². The number of carbonyl (C=O) groups excluding carboxylic acids is 1. The molecule has 1 amide bonds. The second-order valence-corrected chi connectivity index (χ2v) is 6.80. The standard InChI is InChI=1S/C21H23N3O3S/c1-3-27-17-10-8-16(9-11-17)23-21-24-18(14-28-21)20(25)22-13-12-15-6-4-5-7-19(15)26-2/h4-11,14H,3,12-13H2,1-2H3,(H,22,25)(H,23,24). The van der Waals surface area contributed by atoms with E-state index in [2.05, 4.69) is 15.6 Å². The smallest absolute Gasteiger partial charge is 0.270 e. The van der Waals surface area contributed by atoms with Gasteiger partial charge in [-0.15, -0.1) is 11.3 Å². The van der Waals surface area contributed by atoms with E-state index >= 15 is 0 Å². The molecular weight excluding hydrogens is 374 g/mol. The van der Waals surface area contributed by atoms with Crippen LogP contribution in [-0.4, -0.2) is 31.2 Å². The Morgan fingerprint density at radius 1 is 1.14 bits per heavy atom. The summed E-state index contributed by atoms with van der Waals surface area (Å²) in [6.45, 7) is 3.10. The lowest BCUT2D eigenvalue weighted by Gasteiger charge is -2.08. The Balaban J connectivity index is 1.52. The minimum atomic E-state index is -0.189. The van der Waals surface area contributed by atoms with Gasteiger partial charge in [0.15, 0.2) is 5.13 Å². The number of nitrogens with zero attached hydrogens (tertiary/aromatic N) is 1. The first-order chi connectivity index (χ1) is 13.7. The lowest BCUT2D eigenvalue weighted by Crippen LogP contribution is -2.26. The Morgan fingerprint density at radius 3 is 2.68 bits per heavy atom. The van der Waals surface area contributed by atoms with Crippen molar-refractivity contribution in [3.8, 4) is 11.5 Å². The maximum atomic E-state index is 12.3. The number of thiazole rings is 1. The molecule has 146 valence electrons. The molecule has 0 aliphatic heterocycles. The fourth-order valence-electron chi connectivity index (χ4n) is 2.67. The Bertz CT molecular complexity index is 909. The number of para-hydroxylation sites is 1. The Hall–Kier alpha value is -3.06. The monoisotopic (exact) mass is 397 g/mol. The van der Waals surface area contributed by atoms with Crippen LogP contribution in [0.4, 0.5) is 10.8 Å². The molecule has 0 saturated carbocycles. The van der Waals surface area contributed by atoms with Gasteiger partial charge >= 0.3 is 0 Å².